The van der Waals surface area contributed by atoms with Crippen LogP contribution in [0.4, 0.5) is 0 Å². The van der Waals surface area contributed by atoms with Gasteiger partial charge < -0.3 is 14.2 Å². The summed E-state index contributed by atoms with van der Waals surface area (Å²) in [6, 6.07) is 95.0. The first-order valence-corrected chi connectivity index (χ1v) is 39.3. The third-order valence-corrected chi connectivity index (χ3v) is 28.0. The average molecular weight is 1450 g/mol. The quantitative estimate of drug-likeness (QED) is 0.112. The van der Waals surface area contributed by atoms with Crippen LogP contribution < -0.4 is 41.6 Å². The number of hydrogen-bond donors (Lipinski definition) is 0. The van der Waals surface area contributed by atoms with E-state index in [9.17, 15) is 0 Å². The average Bonchev–Trinajstić information content (AvgIpc) is 1.48. The van der Waals surface area contributed by atoms with Crippen molar-refractivity contribution in [2.24, 2.45) is 0 Å². The maximum absolute atomic E-state index is 6.80. The molecule has 11 nitrogen and oxygen atoms in total. The van der Waals surface area contributed by atoms with Gasteiger partial charge in [0.15, 0.2) is 70.6 Å². The van der Waals surface area contributed by atoms with Crippen molar-refractivity contribution in [1.29, 1.82) is 0 Å². The number of aromatic nitrogens is 8. The fraction of sp³-hybridized carbons (Fsp3) is 0.0291. The second kappa shape index (κ2) is 18.6. The highest BCUT2D eigenvalue weighted by molar-refractivity contribution is 6.32. The predicted molar refractivity (Wildman–Crippen MR) is 445 cm³/mol. The van der Waals surface area contributed by atoms with E-state index in [0.717, 1.165) is 40.0 Å². The molecule has 114 heavy (non-hydrogen) atoms. The van der Waals surface area contributed by atoms with Gasteiger partial charge in [-0.25, -0.2) is 0 Å². The fourth-order valence-electron chi connectivity index (χ4n) is 24.4. The van der Waals surface area contributed by atoms with Gasteiger partial charge in [-0.15, -0.1) is 27.4 Å². The second-order valence-electron chi connectivity index (χ2n) is 32.3. The lowest BCUT2D eigenvalue weighted by molar-refractivity contribution is -0.945. The molecule has 9 aliphatic rings. The van der Waals surface area contributed by atoms with Gasteiger partial charge in [0.05, 0.1) is 70.2 Å². The third kappa shape index (κ3) is 5.76. The van der Waals surface area contributed by atoms with Gasteiger partial charge in [0, 0.05) is 71.1 Å². The van der Waals surface area contributed by atoms with Crippen LogP contribution in [-0.4, -0.2) is 9.97 Å². The predicted octanol–water partition coefficient (Wildman–Crippen LogP) is 20.4. The van der Waals surface area contributed by atoms with E-state index in [1.165, 1.54) is 223 Å². The van der Waals surface area contributed by atoms with E-state index >= 15 is 0 Å². The Kier molecular flexibility index (Phi) is 9.31. The number of fused-ring (bicyclic) bond motifs is 18. The van der Waals surface area contributed by atoms with E-state index in [-0.39, 0.29) is 0 Å². The lowest BCUT2D eigenvalue weighted by Crippen LogP contribution is -2.72. The Morgan fingerprint density at radius 1 is 0.193 bits per heavy atom. The van der Waals surface area contributed by atoms with E-state index in [4.69, 9.17) is 19.2 Å². The standard InChI is InChI=1S/C35H18N2O.2C34H17N3O/c1-3-9-21-19(7-1)23-13-15-27-31-29(23)33-25(21)11-5-17-36(33)35(31)32-28(38-27)16-14-24-20-8-2-4-10-22(20)26-12-6-18-37(35)34(26)30(24)32;1-2-7-19-18(6-1)20-11-13-25-29-27(20)32-22(19)9-4-16-36(32)34(29)30-26(38-25)14-12-24-28(30)33-23(10-5-17-37(33)34)21-8-3-15-35-31(21)24;1-2-6-19-18(5-1)21-9-11-26-30-28(21)32-23(19)7-3-15-36(32)34(30)31-27(38-26)12-10-22-25-17-35-14-13-20(25)24-8-4-16-37(34)33(24)29(22)31/h1-18H;2*1-17H/q3*+2. The van der Waals surface area contributed by atoms with Gasteiger partial charge in [-0.3, -0.25) is 9.97 Å². The van der Waals surface area contributed by atoms with Gasteiger partial charge in [-0.1, -0.05) is 103 Å². The molecule has 0 fully saturated rings. The molecule has 8 aromatic heterocycles. The van der Waals surface area contributed by atoms with Crippen molar-refractivity contribution in [1.82, 2.24) is 9.97 Å². The summed E-state index contributed by atoms with van der Waals surface area (Å²) in [5.41, 5.74) is 14.4. The molecule has 2 atom stereocenters. The lowest BCUT2D eigenvalue weighted by Gasteiger charge is -2.26. The first kappa shape index (κ1) is 57.0. The van der Waals surface area contributed by atoms with Crippen LogP contribution in [0.25, 0.3) is 195 Å². The van der Waals surface area contributed by atoms with Crippen LogP contribution in [-0.2, 0) is 17.0 Å². The van der Waals surface area contributed by atoms with Gasteiger partial charge in [-0.05, 0) is 197 Å². The van der Waals surface area contributed by atoms with Crippen molar-refractivity contribution in [3.8, 4) is 34.5 Å². The van der Waals surface area contributed by atoms with E-state index in [1.54, 1.807) is 0 Å². The Morgan fingerprint density at radius 3 is 0.737 bits per heavy atom. The Labute approximate surface area is 643 Å². The first-order chi connectivity index (χ1) is 56.6. The van der Waals surface area contributed by atoms with Gasteiger partial charge in [0.2, 0.25) is 33.1 Å². The molecule has 0 amide bonds. The summed E-state index contributed by atoms with van der Waals surface area (Å²) >= 11 is 0. The van der Waals surface area contributed by atoms with Gasteiger partial charge in [0.25, 0.3) is 0 Å². The fourth-order valence-corrected chi connectivity index (χ4v) is 24.4. The Balaban J connectivity index is 0.0000000853. The molecule has 24 aromatic rings. The summed E-state index contributed by atoms with van der Waals surface area (Å²) in [4.78, 5) is 9.40. The zero-order valence-corrected chi connectivity index (χ0v) is 60.3. The molecular weight excluding hydrogens is 1400 g/mol. The molecule has 516 valence electrons. The molecule has 16 aromatic carbocycles. The molecule has 0 N–H and O–H groups in total. The SMILES string of the molecule is c1ccc2c(c1)c1ccc3c4c1c1c2ccc[n+]1C41c2c(ccc4c5ccccc5c5ccc[n+]1c5c24)O3.c1ccc2c(c1)c1ccc3c4c1c1c2ccc[n+]1C41c2c(ccc4c5cnccc5c5ccc[n+]1c5c24)O3.c1ccc2c(c1)c1ccc3c4c1c1c2ccc[n+]1C41c2c(ccc4c5ncccc5c5ccc[n+]1c5c24)O3. The van der Waals surface area contributed by atoms with Crippen molar-refractivity contribution >= 4 is 195 Å². The van der Waals surface area contributed by atoms with Gasteiger partial charge >= 0.3 is 17.0 Å². The topological polar surface area (TPSA) is 76.8 Å². The maximum atomic E-state index is 6.80. The monoisotopic (exact) mass is 1450 g/mol. The summed E-state index contributed by atoms with van der Waals surface area (Å²) in [5, 5.41) is 36.8. The summed E-state index contributed by atoms with van der Waals surface area (Å²) in [7, 11) is 0. The number of rotatable bonds is 0. The number of pyridine rings is 8. The molecular formula is C103H52N8O3+6. The van der Waals surface area contributed by atoms with Crippen LogP contribution in [0.15, 0.2) is 317 Å². The molecule has 9 aliphatic heterocycles. The van der Waals surface area contributed by atoms with E-state index in [0.29, 0.717) is 0 Å². The molecule has 33 rings (SSSR count). The van der Waals surface area contributed by atoms with Crippen LogP contribution in [0.5, 0.6) is 34.5 Å². The Morgan fingerprint density at radius 2 is 0.430 bits per heavy atom. The minimum absolute atomic E-state index is 0.541. The Bertz CT molecular complexity index is 7790. The molecule has 11 heteroatoms. The molecule has 0 aliphatic carbocycles. The summed E-state index contributed by atoms with van der Waals surface area (Å²) in [6.45, 7) is 0. The number of benzene rings is 16. The smallest absolute Gasteiger partial charge is 0.425 e. The van der Waals surface area contributed by atoms with Gasteiger partial charge in [0.1, 0.15) is 34.5 Å². The highest BCUT2D eigenvalue weighted by Crippen LogP contribution is 2.63. The summed E-state index contributed by atoms with van der Waals surface area (Å²) in [5.74, 6) is 5.63. The number of nitrogens with zero attached hydrogens (tertiary/aromatic N) is 8. The van der Waals surface area contributed by atoms with Crippen molar-refractivity contribution < 1.29 is 41.6 Å². The minimum atomic E-state index is -0.569. The van der Waals surface area contributed by atoms with Crippen LogP contribution >= 0.6 is 0 Å². The summed E-state index contributed by atoms with van der Waals surface area (Å²) in [6.07, 6.45) is 19.5. The molecule has 3 spiro atoms. The molecule has 0 radical (unpaired) electrons. The van der Waals surface area contributed by atoms with Crippen molar-refractivity contribution in [2.75, 3.05) is 0 Å². The van der Waals surface area contributed by atoms with Crippen molar-refractivity contribution in [2.45, 2.75) is 17.0 Å². The van der Waals surface area contributed by atoms with Crippen molar-refractivity contribution in [3.63, 3.8) is 0 Å². The molecule has 17 heterocycles. The molecule has 2 unspecified atom stereocenters. The maximum Gasteiger partial charge on any atom is 0.425 e. The second-order valence-corrected chi connectivity index (χ2v) is 32.3. The zero-order valence-electron chi connectivity index (χ0n) is 60.3. The minimum Gasteiger partial charge on any atom is -0.456 e. The van der Waals surface area contributed by atoms with Crippen LogP contribution in [0.3, 0.4) is 0 Å². The van der Waals surface area contributed by atoms with E-state index in [2.05, 4.69) is 324 Å². The number of hydrogen-bond acceptors (Lipinski definition) is 5. The van der Waals surface area contributed by atoms with Gasteiger partial charge in [-0.2, -0.15) is 0 Å². The molecule has 0 saturated carbocycles. The highest BCUT2D eigenvalue weighted by atomic mass is 16.5. The van der Waals surface area contributed by atoms with Crippen LogP contribution in [0.2, 0.25) is 0 Å². The Hall–Kier alpha value is -15.2. The molecule has 0 saturated heterocycles. The lowest BCUT2D eigenvalue weighted by atomic mass is 9.84. The molecule has 0 bridgehead atoms. The first-order valence-electron chi connectivity index (χ1n) is 39.3. The van der Waals surface area contributed by atoms with E-state index in [1.807, 2.05) is 24.7 Å². The van der Waals surface area contributed by atoms with E-state index < -0.39 is 17.0 Å². The van der Waals surface area contributed by atoms with Crippen molar-refractivity contribution in [3.05, 3.63) is 350 Å². The third-order valence-electron chi connectivity index (χ3n) is 28.0. The van der Waals surface area contributed by atoms with Crippen LogP contribution in [0.1, 0.15) is 33.4 Å². The normalized spacial score (nSPS) is 16.9. The largest absolute Gasteiger partial charge is 0.456 e. The number of ether oxygens (including phenoxy) is 3. The highest BCUT2D eigenvalue weighted by Gasteiger charge is 2.73. The van der Waals surface area contributed by atoms with Crippen LogP contribution in [0, 0.1) is 0 Å². The zero-order chi connectivity index (χ0) is 73.0. The summed E-state index contributed by atoms with van der Waals surface area (Å²) < 4.78 is 35.5.